The number of H-pyrrole nitrogens is 1. The normalized spacial score (nSPS) is 14.5. The van der Waals surface area contributed by atoms with Crippen molar-refractivity contribution >= 4 is 17.5 Å². The van der Waals surface area contributed by atoms with Gasteiger partial charge in [0.05, 0.1) is 31.9 Å². The van der Waals surface area contributed by atoms with E-state index in [9.17, 15) is 14.0 Å². The van der Waals surface area contributed by atoms with Gasteiger partial charge in [0.15, 0.2) is 6.54 Å². The van der Waals surface area contributed by atoms with Gasteiger partial charge in [0.1, 0.15) is 11.5 Å². The Kier molecular flexibility index (Phi) is 5.85. The Labute approximate surface area is 173 Å². The Morgan fingerprint density at radius 3 is 2.47 bits per heavy atom. The number of anilines is 1. The average molecular weight is 408 g/mol. The lowest BCUT2D eigenvalue weighted by molar-refractivity contribution is -0.895. The van der Waals surface area contributed by atoms with Crippen molar-refractivity contribution in [2.75, 3.05) is 38.0 Å². The molecule has 2 amide bonds. The number of hydrogen-bond donors (Lipinski definition) is 3. The molecule has 2 aromatic carbocycles. The van der Waals surface area contributed by atoms with Crippen LogP contribution in [0.2, 0.25) is 0 Å². The number of quaternary nitrogens is 1. The quantitative estimate of drug-likeness (QED) is 0.593. The number of carbonyl (C=O) groups is 2. The molecule has 154 valence electrons. The van der Waals surface area contributed by atoms with Gasteiger partial charge in [0.25, 0.3) is 11.8 Å². The van der Waals surface area contributed by atoms with Crippen molar-refractivity contribution in [3.8, 4) is 11.3 Å². The summed E-state index contributed by atoms with van der Waals surface area (Å²) >= 11 is 0. The Morgan fingerprint density at radius 2 is 1.77 bits per heavy atom. The van der Waals surface area contributed by atoms with Gasteiger partial charge in [-0.15, -0.1) is 0 Å². The fourth-order valence-electron chi connectivity index (χ4n) is 3.53. The van der Waals surface area contributed by atoms with Crippen LogP contribution >= 0.6 is 0 Å². The van der Waals surface area contributed by atoms with Crippen LogP contribution in [0.1, 0.15) is 10.5 Å². The summed E-state index contributed by atoms with van der Waals surface area (Å²) < 4.78 is 13.0. The lowest BCUT2D eigenvalue weighted by Crippen LogP contribution is -3.15. The van der Waals surface area contributed by atoms with E-state index in [1.165, 1.54) is 24.3 Å². The zero-order valence-corrected chi connectivity index (χ0v) is 16.4. The molecule has 1 aliphatic rings. The molecule has 0 aliphatic carbocycles. The van der Waals surface area contributed by atoms with Crippen LogP contribution in [-0.2, 0) is 4.79 Å². The summed E-state index contributed by atoms with van der Waals surface area (Å²) in [5.74, 6) is -0.551. The summed E-state index contributed by atoms with van der Waals surface area (Å²) in [6.45, 7) is 2.81. The number of rotatable bonds is 5. The highest BCUT2D eigenvalue weighted by molar-refractivity contribution is 5.93. The molecule has 3 N–H and O–H groups in total. The first-order chi connectivity index (χ1) is 14.6. The predicted molar refractivity (Wildman–Crippen MR) is 111 cm³/mol. The van der Waals surface area contributed by atoms with Crippen LogP contribution in [0.3, 0.4) is 0 Å². The zero-order valence-electron chi connectivity index (χ0n) is 16.4. The van der Waals surface area contributed by atoms with Gasteiger partial charge in [0.2, 0.25) is 0 Å². The largest absolute Gasteiger partial charge is 0.326 e. The van der Waals surface area contributed by atoms with E-state index in [2.05, 4.69) is 15.5 Å². The number of carbonyl (C=O) groups excluding carboxylic acids is 2. The third kappa shape index (κ3) is 4.72. The highest BCUT2D eigenvalue weighted by Gasteiger charge is 2.27. The second-order valence-electron chi connectivity index (χ2n) is 7.31. The number of halogens is 1. The summed E-state index contributed by atoms with van der Waals surface area (Å²) in [5.41, 5.74) is 2.73. The highest BCUT2D eigenvalue weighted by atomic mass is 19.1. The lowest BCUT2D eigenvalue weighted by Gasteiger charge is -2.31. The molecular weight excluding hydrogens is 385 g/mol. The van der Waals surface area contributed by atoms with Crippen molar-refractivity contribution in [3.05, 3.63) is 72.2 Å². The minimum Gasteiger partial charge on any atom is -0.326 e. The fraction of sp³-hybridized carbons (Fsp3) is 0.227. The van der Waals surface area contributed by atoms with Crippen LogP contribution in [0, 0.1) is 5.82 Å². The molecule has 8 heteroatoms. The van der Waals surface area contributed by atoms with Gasteiger partial charge >= 0.3 is 0 Å². The highest BCUT2D eigenvalue weighted by Crippen LogP contribution is 2.17. The maximum absolute atomic E-state index is 13.0. The van der Waals surface area contributed by atoms with E-state index in [4.69, 9.17) is 0 Å². The van der Waals surface area contributed by atoms with Crippen LogP contribution in [0.4, 0.5) is 10.1 Å². The molecule has 4 rings (SSSR count). The van der Waals surface area contributed by atoms with Gasteiger partial charge in [-0.05, 0) is 30.3 Å². The Balaban J connectivity index is 1.28. The lowest BCUT2D eigenvalue weighted by atomic mass is 10.1. The fourth-order valence-corrected chi connectivity index (χ4v) is 3.53. The molecule has 7 nitrogen and oxygen atoms in total. The van der Waals surface area contributed by atoms with E-state index in [0.717, 1.165) is 16.2 Å². The molecule has 3 aromatic rings. The molecule has 1 aromatic heterocycles. The van der Waals surface area contributed by atoms with Gasteiger partial charge in [-0.2, -0.15) is 5.10 Å². The number of amides is 2. The van der Waals surface area contributed by atoms with Gasteiger partial charge in [-0.1, -0.05) is 30.3 Å². The standard InChI is InChI=1S/C22H22FN5O2/c23-17-6-8-18(9-7-17)24-21(29)15-27-10-12-28(13-11-27)22(30)20-14-19(25-26-20)16-4-2-1-3-5-16/h1-9,14H,10-13,15H2,(H,24,29)(H,25,26)/p+1. The van der Waals surface area contributed by atoms with Gasteiger partial charge < -0.3 is 15.1 Å². The summed E-state index contributed by atoms with van der Waals surface area (Å²) in [4.78, 5) is 27.9. The molecule has 2 heterocycles. The minimum absolute atomic E-state index is 0.0838. The monoisotopic (exact) mass is 408 g/mol. The number of aromatic amines is 1. The van der Waals surface area contributed by atoms with Crippen LogP contribution < -0.4 is 10.2 Å². The first kappa shape index (κ1) is 19.8. The van der Waals surface area contributed by atoms with E-state index in [-0.39, 0.29) is 17.6 Å². The molecule has 0 atom stereocenters. The first-order valence-corrected chi connectivity index (χ1v) is 9.87. The number of benzene rings is 2. The summed E-state index contributed by atoms with van der Waals surface area (Å²) in [6.07, 6.45) is 0. The second-order valence-corrected chi connectivity index (χ2v) is 7.31. The van der Waals surface area contributed by atoms with E-state index in [1.54, 1.807) is 11.0 Å². The third-order valence-electron chi connectivity index (χ3n) is 5.17. The van der Waals surface area contributed by atoms with Gasteiger partial charge in [0, 0.05) is 11.3 Å². The van der Waals surface area contributed by atoms with Gasteiger partial charge in [-0.3, -0.25) is 14.7 Å². The maximum Gasteiger partial charge on any atom is 0.279 e. The number of nitrogens with one attached hydrogen (secondary N) is 3. The Hall–Kier alpha value is -3.52. The van der Waals surface area contributed by atoms with Crippen molar-refractivity contribution in [2.45, 2.75) is 0 Å². The molecule has 1 aliphatic heterocycles. The summed E-state index contributed by atoms with van der Waals surface area (Å²) in [6, 6.07) is 17.2. The Bertz CT molecular complexity index is 1010. The second kappa shape index (κ2) is 8.87. The van der Waals surface area contributed by atoms with Crippen molar-refractivity contribution in [1.29, 1.82) is 0 Å². The molecule has 0 radical (unpaired) electrons. The molecule has 1 saturated heterocycles. The topological polar surface area (TPSA) is 82.5 Å². The molecule has 0 saturated carbocycles. The summed E-state index contributed by atoms with van der Waals surface area (Å²) in [7, 11) is 0. The minimum atomic E-state index is -0.340. The molecule has 30 heavy (non-hydrogen) atoms. The number of hydrogen-bond acceptors (Lipinski definition) is 3. The third-order valence-corrected chi connectivity index (χ3v) is 5.17. The number of piperazine rings is 1. The first-order valence-electron chi connectivity index (χ1n) is 9.87. The molecule has 0 bridgehead atoms. The van der Waals surface area contributed by atoms with Gasteiger partial charge in [-0.25, -0.2) is 4.39 Å². The number of nitrogens with zero attached hydrogens (tertiary/aromatic N) is 2. The van der Waals surface area contributed by atoms with E-state index < -0.39 is 0 Å². The van der Waals surface area contributed by atoms with Crippen LogP contribution in [0.25, 0.3) is 11.3 Å². The molecule has 0 unspecified atom stereocenters. The van der Waals surface area contributed by atoms with Crippen LogP contribution in [0.15, 0.2) is 60.7 Å². The predicted octanol–water partition coefficient (Wildman–Crippen LogP) is 1.20. The van der Waals surface area contributed by atoms with Crippen molar-refractivity contribution in [3.63, 3.8) is 0 Å². The maximum atomic E-state index is 13.0. The molecule has 1 fully saturated rings. The summed E-state index contributed by atoms with van der Waals surface area (Å²) in [5, 5.41) is 9.86. The van der Waals surface area contributed by atoms with Crippen LogP contribution in [-0.4, -0.2) is 59.6 Å². The zero-order chi connectivity index (χ0) is 20.9. The number of aromatic nitrogens is 2. The van der Waals surface area contributed by atoms with Crippen molar-refractivity contribution in [1.82, 2.24) is 15.1 Å². The SMILES string of the molecule is O=C(C[NH+]1CCN(C(=O)c2cc(-c3ccccc3)n[nH]2)CC1)Nc1ccc(F)cc1. The van der Waals surface area contributed by atoms with E-state index in [1.807, 2.05) is 30.3 Å². The molecular formula is C22H23FN5O2+. The average Bonchev–Trinajstić information content (AvgIpc) is 3.26. The van der Waals surface area contributed by atoms with Crippen molar-refractivity contribution in [2.24, 2.45) is 0 Å². The van der Waals surface area contributed by atoms with Crippen molar-refractivity contribution < 1.29 is 18.9 Å². The molecule has 0 spiro atoms. The van der Waals surface area contributed by atoms with E-state index in [0.29, 0.717) is 44.1 Å². The Morgan fingerprint density at radius 1 is 1.07 bits per heavy atom. The smallest absolute Gasteiger partial charge is 0.279 e. The van der Waals surface area contributed by atoms with Crippen LogP contribution in [0.5, 0.6) is 0 Å². The van der Waals surface area contributed by atoms with E-state index >= 15 is 0 Å².